The van der Waals surface area contributed by atoms with Gasteiger partial charge >= 0.3 is 0 Å². The van der Waals surface area contributed by atoms with E-state index < -0.39 is 5.66 Å². The van der Waals surface area contributed by atoms with E-state index in [2.05, 4.69) is 0 Å². The van der Waals surface area contributed by atoms with Crippen molar-refractivity contribution in [2.45, 2.75) is 32.4 Å². The highest BCUT2D eigenvalue weighted by Crippen LogP contribution is 2.41. The van der Waals surface area contributed by atoms with Crippen molar-refractivity contribution in [3.8, 4) is 5.75 Å². The topological polar surface area (TPSA) is 90.6 Å². The second-order valence-electron chi connectivity index (χ2n) is 4.97. The van der Waals surface area contributed by atoms with Gasteiger partial charge in [0.25, 0.3) is 0 Å². The molecule has 18 heavy (non-hydrogen) atoms. The number of ether oxygens (including phenoxy) is 1. The van der Waals surface area contributed by atoms with E-state index in [-0.39, 0.29) is 18.0 Å². The molecular formula is C13H21N3O2. The molecule has 1 unspecified atom stereocenters. The molecule has 0 bridgehead atoms. The molecule has 1 amide bonds. The van der Waals surface area contributed by atoms with Gasteiger partial charge < -0.3 is 16.6 Å². The van der Waals surface area contributed by atoms with Crippen LogP contribution < -0.4 is 21.5 Å². The van der Waals surface area contributed by atoms with Crippen molar-refractivity contribution in [1.29, 1.82) is 0 Å². The predicted molar refractivity (Wildman–Crippen MR) is 72.2 cm³/mol. The highest BCUT2D eigenvalue weighted by atomic mass is 16.5. The van der Waals surface area contributed by atoms with Gasteiger partial charge in [-0.15, -0.1) is 0 Å². The summed E-state index contributed by atoms with van der Waals surface area (Å²) in [6.45, 7) is 5.56. The zero-order valence-corrected chi connectivity index (χ0v) is 11.4. The van der Waals surface area contributed by atoms with Crippen molar-refractivity contribution in [3.63, 3.8) is 0 Å². The Morgan fingerprint density at radius 2 is 2.00 bits per heavy atom. The van der Waals surface area contributed by atoms with E-state index in [1.54, 1.807) is 12.0 Å². The summed E-state index contributed by atoms with van der Waals surface area (Å²) in [7, 11) is 1.62. The van der Waals surface area contributed by atoms with Gasteiger partial charge in [-0.2, -0.15) is 0 Å². The Morgan fingerprint density at radius 1 is 1.39 bits per heavy atom. The summed E-state index contributed by atoms with van der Waals surface area (Å²) in [4.78, 5) is 13.9. The molecule has 1 aromatic carbocycles. The van der Waals surface area contributed by atoms with Gasteiger partial charge in [0.2, 0.25) is 5.91 Å². The summed E-state index contributed by atoms with van der Waals surface area (Å²) >= 11 is 0. The van der Waals surface area contributed by atoms with Gasteiger partial charge in [0.15, 0.2) is 0 Å². The fourth-order valence-electron chi connectivity index (χ4n) is 2.25. The van der Waals surface area contributed by atoms with E-state index in [0.717, 1.165) is 17.0 Å². The van der Waals surface area contributed by atoms with Crippen LogP contribution >= 0.6 is 0 Å². The van der Waals surface area contributed by atoms with Gasteiger partial charge in [0, 0.05) is 5.69 Å². The number of anilines is 1. The van der Waals surface area contributed by atoms with Crippen molar-refractivity contribution in [2.75, 3.05) is 12.0 Å². The van der Waals surface area contributed by atoms with Crippen LogP contribution in [-0.2, 0) is 4.79 Å². The number of methoxy groups -OCH3 is 1. The summed E-state index contributed by atoms with van der Waals surface area (Å²) in [6.07, 6.45) is 0. The van der Waals surface area contributed by atoms with Gasteiger partial charge in [0.1, 0.15) is 5.75 Å². The molecule has 0 aromatic heterocycles. The molecule has 0 radical (unpaired) electrons. The Morgan fingerprint density at radius 3 is 2.50 bits per heavy atom. The second kappa shape index (κ2) is 4.59. The third-order valence-corrected chi connectivity index (χ3v) is 3.11. The van der Waals surface area contributed by atoms with E-state index in [4.69, 9.17) is 10.5 Å². The number of hydrogen-bond acceptors (Lipinski definition) is 4. The van der Waals surface area contributed by atoms with E-state index in [1.165, 1.54) is 0 Å². The lowest BCUT2D eigenvalue weighted by molar-refractivity contribution is -0.119. The molecule has 1 aromatic rings. The highest BCUT2D eigenvalue weighted by molar-refractivity contribution is 6.05. The van der Waals surface area contributed by atoms with Crippen molar-refractivity contribution >= 4 is 11.6 Å². The maximum atomic E-state index is 12.2. The number of nitrogens with two attached hydrogens (primary N) is 1. The average molecular weight is 251 g/mol. The van der Waals surface area contributed by atoms with Gasteiger partial charge in [-0.1, -0.05) is 0 Å². The average Bonchev–Trinajstić information content (AvgIpc) is 2.51. The number of amides is 1. The maximum Gasteiger partial charge on any atom is 0.235 e. The summed E-state index contributed by atoms with van der Waals surface area (Å²) in [5.74, 6) is 0.642. The second-order valence-corrected chi connectivity index (χ2v) is 4.97. The first-order valence-corrected chi connectivity index (χ1v) is 5.67. The van der Waals surface area contributed by atoms with E-state index in [1.807, 2.05) is 39.0 Å². The van der Waals surface area contributed by atoms with Crippen molar-refractivity contribution in [3.05, 3.63) is 23.8 Å². The quantitative estimate of drug-likeness (QED) is 0.841. The first kappa shape index (κ1) is 14.5. The lowest BCUT2D eigenvalue weighted by atomic mass is 10.0. The van der Waals surface area contributed by atoms with Crippen LogP contribution in [0.25, 0.3) is 0 Å². The van der Waals surface area contributed by atoms with E-state index in [0.29, 0.717) is 0 Å². The maximum absolute atomic E-state index is 12.2. The third kappa shape index (κ3) is 2.07. The smallest absolute Gasteiger partial charge is 0.235 e. The summed E-state index contributed by atoms with van der Waals surface area (Å²) in [5, 5.41) is 0. The Hall–Kier alpha value is -1.59. The summed E-state index contributed by atoms with van der Waals surface area (Å²) in [5.41, 5.74) is 7.23. The zero-order chi connectivity index (χ0) is 12.8. The standard InChI is InChI=1S/C13H18N2O2.H3N/c1-8-10-7-9(17-4)5-6-11(10)15(12(8)16)13(2,3)14;/h5-8H,14H2,1-4H3;1H3. The first-order valence-electron chi connectivity index (χ1n) is 5.67. The Bertz CT molecular complexity index is 466. The van der Waals surface area contributed by atoms with Crippen molar-refractivity contribution in [2.24, 2.45) is 5.73 Å². The van der Waals surface area contributed by atoms with Crippen LogP contribution in [0, 0.1) is 0 Å². The number of hydrogen-bond donors (Lipinski definition) is 2. The van der Waals surface area contributed by atoms with Crippen LogP contribution in [-0.4, -0.2) is 18.7 Å². The lowest BCUT2D eigenvalue weighted by Gasteiger charge is -2.32. The molecule has 1 aliphatic heterocycles. The van der Waals surface area contributed by atoms with Gasteiger partial charge in [-0.3, -0.25) is 9.69 Å². The minimum atomic E-state index is -0.689. The summed E-state index contributed by atoms with van der Waals surface area (Å²) in [6, 6.07) is 5.65. The van der Waals surface area contributed by atoms with Crippen LogP contribution in [0.4, 0.5) is 5.69 Å². The van der Waals surface area contributed by atoms with Crippen LogP contribution in [0.15, 0.2) is 18.2 Å². The molecule has 1 heterocycles. The van der Waals surface area contributed by atoms with E-state index in [9.17, 15) is 4.79 Å². The fourth-order valence-corrected chi connectivity index (χ4v) is 2.25. The largest absolute Gasteiger partial charge is 0.497 e. The third-order valence-electron chi connectivity index (χ3n) is 3.11. The first-order chi connectivity index (χ1) is 7.86. The summed E-state index contributed by atoms with van der Waals surface area (Å²) < 4.78 is 5.18. The normalized spacial score (nSPS) is 18.4. The molecule has 1 aliphatic rings. The molecule has 100 valence electrons. The molecule has 5 N–H and O–H groups in total. The molecule has 0 fully saturated rings. The molecule has 1 atom stereocenters. The van der Waals surface area contributed by atoms with Crippen LogP contribution in [0.2, 0.25) is 0 Å². The highest BCUT2D eigenvalue weighted by Gasteiger charge is 2.40. The van der Waals surface area contributed by atoms with Crippen molar-refractivity contribution < 1.29 is 9.53 Å². The SMILES string of the molecule is COc1ccc2c(c1)C(C)C(=O)N2C(C)(C)N.N. The molecule has 0 spiro atoms. The Labute approximate surface area is 107 Å². The molecule has 2 rings (SSSR count). The fraction of sp³-hybridized carbons (Fsp3) is 0.462. The Kier molecular flexibility index (Phi) is 3.69. The lowest BCUT2D eigenvalue weighted by Crippen LogP contribution is -2.53. The molecule has 5 heteroatoms. The number of carbonyl (C=O) groups is 1. The molecule has 0 saturated carbocycles. The minimum Gasteiger partial charge on any atom is -0.497 e. The van der Waals surface area contributed by atoms with Gasteiger partial charge in [-0.25, -0.2) is 0 Å². The number of carbonyl (C=O) groups excluding carboxylic acids is 1. The van der Waals surface area contributed by atoms with Crippen LogP contribution in [0.5, 0.6) is 5.75 Å². The van der Waals surface area contributed by atoms with Gasteiger partial charge in [-0.05, 0) is 44.5 Å². The molecular weight excluding hydrogens is 230 g/mol. The molecule has 0 aliphatic carbocycles. The monoisotopic (exact) mass is 251 g/mol. The van der Waals surface area contributed by atoms with Crippen LogP contribution in [0.1, 0.15) is 32.3 Å². The number of benzene rings is 1. The Balaban J connectivity index is 0.00000162. The van der Waals surface area contributed by atoms with Crippen molar-refractivity contribution in [1.82, 2.24) is 6.15 Å². The minimum absolute atomic E-state index is 0. The molecule has 5 nitrogen and oxygen atoms in total. The zero-order valence-electron chi connectivity index (χ0n) is 11.4. The molecule has 0 saturated heterocycles. The van der Waals surface area contributed by atoms with E-state index >= 15 is 0 Å². The van der Waals surface area contributed by atoms with Gasteiger partial charge in [0.05, 0.1) is 18.7 Å². The number of fused-ring (bicyclic) bond motifs is 1. The number of rotatable bonds is 2. The van der Waals surface area contributed by atoms with Crippen LogP contribution in [0.3, 0.4) is 0 Å². The predicted octanol–water partition coefficient (Wildman–Crippen LogP) is 2.00. The number of nitrogens with zero attached hydrogens (tertiary/aromatic N) is 1.